The van der Waals surface area contributed by atoms with E-state index in [1.165, 1.54) is 0 Å². The van der Waals surface area contributed by atoms with E-state index in [9.17, 15) is 9.59 Å². The Labute approximate surface area is 109 Å². The van der Waals surface area contributed by atoms with Crippen LogP contribution in [0.4, 0.5) is 4.79 Å². The molecule has 9 nitrogen and oxygen atoms in total. The van der Waals surface area contributed by atoms with Crippen LogP contribution in [-0.2, 0) is 11.3 Å². The number of amides is 2. The maximum absolute atomic E-state index is 12.0. The van der Waals surface area contributed by atoms with E-state index in [4.69, 9.17) is 5.11 Å². The number of carbonyl (C=O) groups excluding carboxylic acids is 1. The highest BCUT2D eigenvalue weighted by Gasteiger charge is 2.28. The number of H-pyrrole nitrogens is 1. The van der Waals surface area contributed by atoms with E-state index in [1.54, 1.807) is 4.90 Å². The molecular formula is C10H16N6O3. The summed E-state index contributed by atoms with van der Waals surface area (Å²) in [5.74, 6) is -0.497. The molecule has 1 fully saturated rings. The zero-order chi connectivity index (χ0) is 13.7. The van der Waals surface area contributed by atoms with Crippen molar-refractivity contribution >= 4 is 12.0 Å². The van der Waals surface area contributed by atoms with E-state index in [1.807, 2.05) is 0 Å². The fourth-order valence-electron chi connectivity index (χ4n) is 2.20. The Kier molecular flexibility index (Phi) is 4.26. The van der Waals surface area contributed by atoms with Gasteiger partial charge in [-0.3, -0.25) is 4.79 Å². The number of urea groups is 1. The number of nitrogens with zero attached hydrogens (tertiary/aromatic N) is 4. The predicted octanol–water partition coefficient (Wildman–Crippen LogP) is -0.262. The van der Waals surface area contributed by atoms with Gasteiger partial charge in [0.05, 0.1) is 13.0 Å². The maximum atomic E-state index is 12.0. The van der Waals surface area contributed by atoms with Crippen LogP contribution in [0.15, 0.2) is 0 Å². The maximum Gasteiger partial charge on any atom is 0.318 e. The zero-order valence-corrected chi connectivity index (χ0v) is 10.4. The van der Waals surface area contributed by atoms with Crippen LogP contribution in [-0.4, -0.2) is 55.2 Å². The van der Waals surface area contributed by atoms with E-state index < -0.39 is 5.97 Å². The van der Waals surface area contributed by atoms with E-state index in [0.29, 0.717) is 12.4 Å². The van der Waals surface area contributed by atoms with Gasteiger partial charge in [0.15, 0.2) is 5.82 Å². The lowest BCUT2D eigenvalue weighted by Gasteiger charge is -2.34. The molecule has 1 aromatic heterocycles. The van der Waals surface area contributed by atoms with Gasteiger partial charge in [-0.1, -0.05) is 5.21 Å². The minimum absolute atomic E-state index is 0.0182. The average molecular weight is 268 g/mol. The highest BCUT2D eigenvalue weighted by molar-refractivity contribution is 5.76. The van der Waals surface area contributed by atoms with Gasteiger partial charge in [-0.15, -0.1) is 10.2 Å². The largest absolute Gasteiger partial charge is 0.481 e. The first-order valence-corrected chi connectivity index (χ1v) is 6.15. The third-order valence-corrected chi connectivity index (χ3v) is 3.09. The van der Waals surface area contributed by atoms with E-state index in [-0.39, 0.29) is 25.0 Å². The van der Waals surface area contributed by atoms with Crippen LogP contribution in [0.1, 0.15) is 31.5 Å². The normalized spacial score (nSPS) is 19.2. The summed E-state index contributed by atoms with van der Waals surface area (Å²) in [5, 5.41) is 24.7. The van der Waals surface area contributed by atoms with Gasteiger partial charge in [-0.2, -0.15) is 5.21 Å². The number of carboxylic acids is 1. The summed E-state index contributed by atoms with van der Waals surface area (Å²) >= 11 is 0. The van der Waals surface area contributed by atoms with Crippen molar-refractivity contribution in [2.45, 2.75) is 38.3 Å². The molecule has 1 saturated heterocycles. The Morgan fingerprint density at radius 1 is 1.47 bits per heavy atom. The van der Waals surface area contributed by atoms with Crippen molar-refractivity contribution in [2.75, 3.05) is 6.54 Å². The highest BCUT2D eigenvalue weighted by atomic mass is 16.4. The van der Waals surface area contributed by atoms with Crippen molar-refractivity contribution in [2.24, 2.45) is 0 Å². The van der Waals surface area contributed by atoms with Gasteiger partial charge in [0.1, 0.15) is 0 Å². The van der Waals surface area contributed by atoms with Gasteiger partial charge in [-0.05, 0) is 19.3 Å². The lowest BCUT2D eigenvalue weighted by molar-refractivity contribution is -0.138. The number of piperidine rings is 1. The molecule has 2 heterocycles. The van der Waals surface area contributed by atoms with Gasteiger partial charge >= 0.3 is 12.0 Å². The molecule has 0 bridgehead atoms. The van der Waals surface area contributed by atoms with Crippen molar-refractivity contribution in [3.05, 3.63) is 5.82 Å². The summed E-state index contributed by atoms with van der Waals surface area (Å²) in [6, 6.07) is -0.521. The molecule has 1 unspecified atom stereocenters. The van der Waals surface area contributed by atoms with Crippen LogP contribution in [0.5, 0.6) is 0 Å². The predicted molar refractivity (Wildman–Crippen MR) is 63.0 cm³/mol. The van der Waals surface area contributed by atoms with Gasteiger partial charge in [0.25, 0.3) is 0 Å². The van der Waals surface area contributed by atoms with Crippen molar-refractivity contribution in [1.29, 1.82) is 0 Å². The first-order valence-electron chi connectivity index (χ1n) is 6.15. The molecule has 0 saturated carbocycles. The monoisotopic (exact) mass is 268 g/mol. The Morgan fingerprint density at radius 3 is 3.00 bits per heavy atom. The standard InChI is InChI=1S/C10H16N6O3/c17-9(18)5-7-3-1-2-4-16(7)10(19)11-6-8-12-14-15-13-8/h7H,1-6H2,(H,11,19)(H,17,18)(H,12,13,14,15). The van der Waals surface area contributed by atoms with Gasteiger partial charge in [0, 0.05) is 12.6 Å². The molecule has 1 aromatic rings. The number of aliphatic carboxylic acids is 1. The summed E-state index contributed by atoms with van der Waals surface area (Å²) in [4.78, 5) is 24.4. The zero-order valence-electron chi connectivity index (χ0n) is 10.4. The number of aromatic amines is 1. The number of hydrogen-bond acceptors (Lipinski definition) is 5. The van der Waals surface area contributed by atoms with E-state index in [0.717, 1.165) is 19.3 Å². The summed E-state index contributed by atoms with van der Waals surface area (Å²) in [5.41, 5.74) is 0. The average Bonchev–Trinajstić information content (AvgIpc) is 2.89. The summed E-state index contributed by atoms with van der Waals surface area (Å²) in [6.07, 6.45) is 2.55. The lowest BCUT2D eigenvalue weighted by atomic mass is 10.00. The van der Waals surface area contributed by atoms with Gasteiger partial charge < -0.3 is 15.3 Å². The molecule has 0 radical (unpaired) electrons. The van der Waals surface area contributed by atoms with Crippen molar-refractivity contribution in [3.63, 3.8) is 0 Å². The number of carbonyl (C=O) groups is 2. The molecule has 0 aromatic carbocycles. The molecule has 0 spiro atoms. The van der Waals surface area contributed by atoms with Crippen molar-refractivity contribution < 1.29 is 14.7 Å². The molecule has 1 atom stereocenters. The highest BCUT2D eigenvalue weighted by Crippen LogP contribution is 2.19. The Bertz CT molecular complexity index is 434. The number of hydrogen-bond donors (Lipinski definition) is 3. The lowest BCUT2D eigenvalue weighted by Crippen LogP contribution is -2.49. The minimum atomic E-state index is -0.886. The minimum Gasteiger partial charge on any atom is -0.481 e. The van der Waals surface area contributed by atoms with Crippen molar-refractivity contribution in [3.8, 4) is 0 Å². The summed E-state index contributed by atoms with van der Waals surface area (Å²) in [6.45, 7) is 0.752. The number of tetrazole rings is 1. The van der Waals surface area contributed by atoms with Crippen molar-refractivity contribution in [1.82, 2.24) is 30.8 Å². The van der Waals surface area contributed by atoms with E-state index in [2.05, 4.69) is 25.9 Å². The molecule has 3 N–H and O–H groups in total. The quantitative estimate of drug-likeness (QED) is 0.691. The number of rotatable bonds is 4. The van der Waals surface area contributed by atoms with Crippen LogP contribution in [0.3, 0.4) is 0 Å². The smallest absolute Gasteiger partial charge is 0.318 e. The molecule has 9 heteroatoms. The van der Waals surface area contributed by atoms with Crippen LogP contribution < -0.4 is 5.32 Å². The number of likely N-dealkylation sites (tertiary alicyclic amines) is 1. The number of nitrogens with one attached hydrogen (secondary N) is 2. The van der Waals surface area contributed by atoms with Crippen LogP contribution in [0.25, 0.3) is 0 Å². The molecular weight excluding hydrogens is 252 g/mol. The second-order valence-electron chi connectivity index (χ2n) is 4.43. The number of carboxylic acid groups (broad SMARTS) is 1. The second kappa shape index (κ2) is 6.12. The van der Waals surface area contributed by atoms with Gasteiger partial charge in [-0.25, -0.2) is 4.79 Å². The molecule has 2 amide bonds. The Morgan fingerprint density at radius 2 is 2.32 bits per heavy atom. The van der Waals surface area contributed by atoms with E-state index >= 15 is 0 Å². The van der Waals surface area contributed by atoms with Crippen LogP contribution in [0.2, 0.25) is 0 Å². The third kappa shape index (κ3) is 3.63. The van der Waals surface area contributed by atoms with Crippen LogP contribution >= 0.6 is 0 Å². The molecule has 0 aliphatic carbocycles. The van der Waals surface area contributed by atoms with Gasteiger partial charge in [0.2, 0.25) is 0 Å². The summed E-state index contributed by atoms with van der Waals surface area (Å²) < 4.78 is 0. The molecule has 19 heavy (non-hydrogen) atoms. The SMILES string of the molecule is O=C(O)CC1CCCCN1C(=O)NCc1nn[nH]n1. The first kappa shape index (κ1) is 13.2. The second-order valence-corrected chi connectivity index (χ2v) is 4.43. The van der Waals surface area contributed by atoms with Crippen LogP contribution in [0, 0.1) is 0 Å². The Balaban J connectivity index is 1.89. The summed E-state index contributed by atoms with van der Waals surface area (Å²) in [7, 11) is 0. The fraction of sp³-hybridized carbons (Fsp3) is 0.700. The molecule has 104 valence electrons. The third-order valence-electron chi connectivity index (χ3n) is 3.09. The Hall–Kier alpha value is -2.19. The first-order chi connectivity index (χ1) is 9.16. The fourth-order valence-corrected chi connectivity index (χ4v) is 2.20. The topological polar surface area (TPSA) is 124 Å². The number of aromatic nitrogens is 4. The molecule has 1 aliphatic rings. The molecule has 2 rings (SSSR count). The molecule has 1 aliphatic heterocycles.